The second-order valence-corrected chi connectivity index (χ2v) is 29.2. The molecule has 2 saturated carbocycles. The Morgan fingerprint density at radius 3 is 1.15 bits per heavy atom. The van der Waals surface area contributed by atoms with Crippen molar-refractivity contribution in [2.24, 2.45) is 11.8 Å². The van der Waals surface area contributed by atoms with Crippen molar-refractivity contribution in [3.63, 3.8) is 0 Å². The predicted molar refractivity (Wildman–Crippen MR) is 323 cm³/mol. The first-order chi connectivity index (χ1) is 36.7. The van der Waals surface area contributed by atoms with Crippen molar-refractivity contribution in [3.8, 4) is 0 Å². The molecule has 75 heavy (non-hydrogen) atoms. The van der Waals surface area contributed by atoms with Gasteiger partial charge in [-0.2, -0.15) is 0 Å². The highest BCUT2D eigenvalue weighted by molar-refractivity contribution is 6.99. The zero-order chi connectivity index (χ0) is 53.3. The van der Waals surface area contributed by atoms with E-state index in [2.05, 4.69) is 93.4 Å². The summed E-state index contributed by atoms with van der Waals surface area (Å²) in [4.78, 5) is 28.5. The number of unbranched alkanes of at least 4 members (excludes halogenated alkanes) is 5. The molecule has 2 aromatic rings. The maximum atomic E-state index is 13.0. The van der Waals surface area contributed by atoms with Gasteiger partial charge < -0.3 is 18.8 Å². The molecule has 0 unspecified atom stereocenters. The van der Waals surface area contributed by atoms with Crippen molar-refractivity contribution in [2.75, 3.05) is 33.4 Å². The Hall–Kier alpha value is -2.48. The van der Waals surface area contributed by atoms with Crippen LogP contribution < -0.4 is 10.4 Å². The van der Waals surface area contributed by atoms with E-state index in [1.165, 1.54) is 190 Å². The van der Waals surface area contributed by atoms with Crippen molar-refractivity contribution in [2.45, 2.75) is 302 Å². The van der Waals surface area contributed by atoms with E-state index in [0.29, 0.717) is 43.9 Å². The summed E-state index contributed by atoms with van der Waals surface area (Å²) in [6.45, 7) is 9.99. The van der Waals surface area contributed by atoms with Gasteiger partial charge in [-0.25, -0.2) is 0 Å². The molecule has 0 radical (unpaired) electrons. The minimum atomic E-state index is -2.55. The highest BCUT2D eigenvalue weighted by Crippen LogP contribution is 2.37. The van der Waals surface area contributed by atoms with Crippen molar-refractivity contribution in [3.05, 3.63) is 60.7 Å². The Kier molecular flexibility index (Phi) is 36.0. The normalized spacial score (nSPS) is 17.9. The summed E-state index contributed by atoms with van der Waals surface area (Å²) in [7, 11) is -0.221. The number of benzene rings is 2. The first-order valence-electron chi connectivity index (χ1n) is 32.5. The smallest absolute Gasteiger partial charge is 0.305 e. The topological polar surface area (TPSA) is 65.1 Å². The summed E-state index contributed by atoms with van der Waals surface area (Å²) in [5, 5.41) is 2.66. The lowest BCUT2D eigenvalue weighted by Gasteiger charge is -2.43. The molecule has 0 aliphatic heterocycles. The molecule has 0 bridgehead atoms. The molecule has 7 heteroatoms. The molecule has 0 amide bonds. The lowest BCUT2D eigenvalue weighted by molar-refractivity contribution is -0.145. The van der Waals surface area contributed by atoms with Crippen LogP contribution in [0.3, 0.4) is 0 Å². The average Bonchev–Trinajstić information content (AvgIpc) is 3.43. The Morgan fingerprint density at radius 1 is 0.467 bits per heavy atom. The van der Waals surface area contributed by atoms with Crippen LogP contribution in [0.25, 0.3) is 0 Å². The summed E-state index contributed by atoms with van der Waals surface area (Å²) >= 11 is 0. The molecule has 2 aliphatic carbocycles. The maximum absolute atomic E-state index is 13.0. The predicted octanol–water partition coefficient (Wildman–Crippen LogP) is 18.6. The molecule has 4 rings (SSSR count). The lowest BCUT2D eigenvalue weighted by Crippen LogP contribution is -2.66. The second-order valence-electron chi connectivity index (χ2n) is 24.9. The van der Waals surface area contributed by atoms with Crippen molar-refractivity contribution >= 4 is 30.6 Å². The third-order valence-electron chi connectivity index (χ3n) is 17.6. The average molecular weight is 1060 g/mol. The van der Waals surface area contributed by atoms with Gasteiger partial charge in [-0.3, -0.25) is 9.59 Å². The molecule has 0 N–H and O–H groups in total. The van der Waals surface area contributed by atoms with Crippen LogP contribution >= 0.6 is 0 Å². The van der Waals surface area contributed by atoms with Crippen LogP contribution in [-0.2, 0) is 23.5 Å². The summed E-state index contributed by atoms with van der Waals surface area (Å²) in [6, 6.07) is 22.5. The van der Waals surface area contributed by atoms with Crippen LogP contribution in [0, 0.1) is 11.8 Å². The van der Waals surface area contributed by atoms with Crippen LogP contribution in [0.2, 0.25) is 5.04 Å². The van der Waals surface area contributed by atoms with Gasteiger partial charge in [0.15, 0.2) is 0 Å². The number of nitrogens with zero attached hydrogens (tertiary/aromatic N) is 1. The van der Waals surface area contributed by atoms with Crippen molar-refractivity contribution in [1.29, 1.82) is 0 Å². The largest absolute Gasteiger partial charge is 0.466 e. The number of carbonyl (C=O) groups is 2. The van der Waals surface area contributed by atoms with Crippen LogP contribution in [0.4, 0.5) is 0 Å². The quantitative estimate of drug-likeness (QED) is 0.0505. The van der Waals surface area contributed by atoms with Gasteiger partial charge in [0, 0.05) is 25.5 Å². The molecule has 0 heterocycles. The highest BCUT2D eigenvalue weighted by Gasteiger charge is 2.50. The van der Waals surface area contributed by atoms with Gasteiger partial charge in [-0.1, -0.05) is 287 Å². The zero-order valence-electron chi connectivity index (χ0n) is 49.5. The molecule has 0 saturated heterocycles. The number of carbonyl (C=O) groups excluding carboxylic acids is 2. The maximum Gasteiger partial charge on any atom is 0.305 e. The second kappa shape index (κ2) is 41.5. The van der Waals surface area contributed by atoms with Gasteiger partial charge >= 0.3 is 11.9 Å². The Morgan fingerprint density at radius 2 is 0.800 bits per heavy atom. The molecule has 2 aromatic carbocycles. The Bertz CT molecular complexity index is 1530. The fourth-order valence-electron chi connectivity index (χ4n) is 12.8. The minimum absolute atomic E-state index is 0.0142. The first kappa shape index (κ1) is 65.0. The molecule has 6 nitrogen and oxygen atoms in total. The molecule has 0 aromatic heterocycles. The van der Waals surface area contributed by atoms with Gasteiger partial charge in [0.1, 0.15) is 0 Å². The van der Waals surface area contributed by atoms with E-state index in [4.69, 9.17) is 13.9 Å². The number of hydrogen-bond donors (Lipinski definition) is 0. The van der Waals surface area contributed by atoms with Crippen molar-refractivity contribution < 1.29 is 23.5 Å². The third kappa shape index (κ3) is 28.8. The Balaban J connectivity index is 1.21. The summed E-state index contributed by atoms with van der Waals surface area (Å²) in [5.74, 6) is 1.38. The summed E-state index contributed by atoms with van der Waals surface area (Å²) < 4.78 is 19.0. The highest BCUT2D eigenvalue weighted by atomic mass is 28.4. The van der Waals surface area contributed by atoms with E-state index >= 15 is 0 Å². The van der Waals surface area contributed by atoms with Gasteiger partial charge in [-0.05, 0) is 92.2 Å². The summed E-state index contributed by atoms with van der Waals surface area (Å²) in [6.07, 6.45) is 52.3. The van der Waals surface area contributed by atoms with Crippen LogP contribution in [0.5, 0.6) is 0 Å². The monoisotopic (exact) mass is 1060 g/mol. The summed E-state index contributed by atoms with van der Waals surface area (Å²) in [5.41, 5.74) is 0. The lowest BCUT2D eigenvalue weighted by atomic mass is 9.90. The molecular weight excluding hydrogens is 939 g/mol. The van der Waals surface area contributed by atoms with E-state index in [9.17, 15) is 9.59 Å². The van der Waals surface area contributed by atoms with E-state index in [0.717, 1.165) is 90.2 Å². The molecule has 2 fully saturated rings. The fraction of sp³-hybridized carbons (Fsp3) is 0.794. The number of hydrogen-bond acceptors (Lipinski definition) is 6. The van der Waals surface area contributed by atoms with Crippen LogP contribution in [-0.4, -0.2) is 64.6 Å². The van der Waals surface area contributed by atoms with E-state index in [1.807, 2.05) is 0 Å². The zero-order valence-corrected chi connectivity index (χ0v) is 50.5. The van der Waals surface area contributed by atoms with E-state index < -0.39 is 8.32 Å². The van der Waals surface area contributed by atoms with Crippen LogP contribution in [0.15, 0.2) is 60.7 Å². The Labute approximate surface area is 464 Å². The van der Waals surface area contributed by atoms with Gasteiger partial charge in [0.25, 0.3) is 8.32 Å². The fourth-order valence-corrected chi connectivity index (χ4v) is 17.4. The van der Waals surface area contributed by atoms with Gasteiger partial charge in [0.05, 0.1) is 13.2 Å². The number of ether oxygens (including phenoxy) is 2. The van der Waals surface area contributed by atoms with E-state index in [-0.39, 0.29) is 17.0 Å². The number of esters is 2. The van der Waals surface area contributed by atoms with E-state index in [1.54, 1.807) is 0 Å². The molecule has 2 aliphatic rings. The molecule has 428 valence electrons. The third-order valence-corrected chi connectivity index (χ3v) is 22.7. The first-order valence-corrected chi connectivity index (χ1v) is 34.4. The SMILES string of the molecule is CN(CCCCO[Si](c1ccccc1)(c1ccccc1)C(C)(C)C)C(CCCCCOC(=O)CCC1CCCCCCCCCCCCCC1)CCCCCOC(=O)CCC1CCCCCCCCCCCCCC1. The van der Waals surface area contributed by atoms with Crippen LogP contribution in [0.1, 0.15) is 290 Å². The van der Waals surface area contributed by atoms with Gasteiger partial charge in [-0.15, -0.1) is 0 Å². The van der Waals surface area contributed by atoms with Crippen molar-refractivity contribution in [1.82, 2.24) is 4.90 Å². The molecule has 0 spiro atoms. The molecule has 0 atom stereocenters. The standard InChI is InChI=1S/C68H117NO5Si/c1-68(2,3)75(64-49-35-25-36-50-64,65-51-37-26-38-52-65)74-60-42-39-57-69(4)63(47-33-27-40-58-72-66(70)55-53-61-43-29-21-17-13-9-5-6-10-14-18-22-30-44-61)48-34-28-41-59-73-67(71)56-54-62-45-31-23-19-15-11-7-8-12-16-20-24-32-46-62/h25-26,35-38,49-52,61-63H,5-24,27-34,39-48,53-60H2,1-4H3. The molecular formula is C68H117NO5Si. The van der Waals surface area contributed by atoms with Gasteiger partial charge in [0.2, 0.25) is 0 Å². The minimum Gasteiger partial charge on any atom is -0.466 e. The number of rotatable bonds is 27.